The predicted octanol–water partition coefficient (Wildman–Crippen LogP) is 0.742. The van der Waals surface area contributed by atoms with E-state index < -0.39 is 0 Å². The number of nitrogens with one attached hydrogen (secondary N) is 3. The number of nitrogens with zero attached hydrogens (tertiary/aromatic N) is 1. The van der Waals surface area contributed by atoms with Crippen molar-refractivity contribution in [3.05, 3.63) is 42.4 Å². The highest BCUT2D eigenvalue weighted by atomic mass is 19.1. The van der Waals surface area contributed by atoms with Gasteiger partial charge in [-0.15, -0.1) is 0 Å². The van der Waals surface area contributed by atoms with Crippen molar-refractivity contribution in [3.8, 4) is 0 Å². The third-order valence-corrected chi connectivity index (χ3v) is 1.97. The first-order chi connectivity index (χ1) is 7.66. The maximum absolute atomic E-state index is 12.6. The van der Waals surface area contributed by atoms with Gasteiger partial charge in [0.25, 0.3) is 5.91 Å². The van der Waals surface area contributed by atoms with Crippen LogP contribution in [-0.2, 0) is 4.79 Å². The molecule has 1 saturated heterocycles. The van der Waals surface area contributed by atoms with Crippen LogP contribution in [-0.4, -0.2) is 11.6 Å². The van der Waals surface area contributed by atoms with Gasteiger partial charge in [-0.25, -0.2) is 4.39 Å². The van der Waals surface area contributed by atoms with E-state index in [2.05, 4.69) is 28.0 Å². The van der Waals surface area contributed by atoms with Crippen molar-refractivity contribution < 1.29 is 9.18 Å². The van der Waals surface area contributed by atoms with Gasteiger partial charge in [-0.3, -0.25) is 21.1 Å². The topological polar surface area (TPSA) is 65.5 Å². The van der Waals surface area contributed by atoms with Gasteiger partial charge < -0.3 is 0 Å². The number of amides is 1. The average molecular weight is 220 g/mol. The Bertz CT molecular complexity index is 448. The van der Waals surface area contributed by atoms with Crippen molar-refractivity contribution >= 4 is 17.3 Å². The van der Waals surface area contributed by atoms with Crippen molar-refractivity contribution in [1.29, 1.82) is 0 Å². The Morgan fingerprint density at radius 1 is 1.25 bits per heavy atom. The molecule has 0 saturated carbocycles. The van der Waals surface area contributed by atoms with Crippen LogP contribution in [0.25, 0.3) is 0 Å². The first-order valence-corrected chi connectivity index (χ1v) is 4.52. The molecule has 2 rings (SSSR count). The Morgan fingerprint density at radius 3 is 2.50 bits per heavy atom. The van der Waals surface area contributed by atoms with Crippen LogP contribution < -0.4 is 16.3 Å². The molecule has 1 aliphatic rings. The third kappa shape index (κ3) is 2.00. The maximum Gasteiger partial charge on any atom is 0.292 e. The second-order valence-corrected chi connectivity index (χ2v) is 3.14. The van der Waals surface area contributed by atoms with Gasteiger partial charge in [0.15, 0.2) is 5.71 Å². The van der Waals surface area contributed by atoms with E-state index in [-0.39, 0.29) is 17.4 Å². The summed E-state index contributed by atoms with van der Waals surface area (Å²) in [5.41, 5.74) is 8.66. The van der Waals surface area contributed by atoms with Crippen LogP contribution in [0.15, 0.2) is 41.6 Å². The molecule has 1 aromatic carbocycles. The van der Waals surface area contributed by atoms with Gasteiger partial charge in [-0.2, -0.15) is 5.10 Å². The van der Waals surface area contributed by atoms with E-state index in [1.807, 2.05) is 0 Å². The molecule has 0 atom stereocenters. The summed E-state index contributed by atoms with van der Waals surface area (Å²) < 4.78 is 12.6. The van der Waals surface area contributed by atoms with Crippen LogP contribution in [0.5, 0.6) is 0 Å². The first kappa shape index (κ1) is 10.2. The molecule has 1 heterocycles. The van der Waals surface area contributed by atoms with Crippen molar-refractivity contribution in [1.82, 2.24) is 10.9 Å². The quantitative estimate of drug-likeness (QED) is 0.644. The number of hydrogen-bond acceptors (Lipinski definition) is 4. The van der Waals surface area contributed by atoms with Gasteiger partial charge in [-0.1, -0.05) is 6.58 Å². The number of anilines is 1. The molecule has 16 heavy (non-hydrogen) atoms. The summed E-state index contributed by atoms with van der Waals surface area (Å²) >= 11 is 0. The van der Waals surface area contributed by atoms with E-state index >= 15 is 0 Å². The normalized spacial score (nSPS) is 17.2. The van der Waals surface area contributed by atoms with Gasteiger partial charge in [0.1, 0.15) is 5.82 Å². The Morgan fingerprint density at radius 2 is 1.94 bits per heavy atom. The molecule has 0 aliphatic carbocycles. The van der Waals surface area contributed by atoms with Gasteiger partial charge in [-0.05, 0) is 24.3 Å². The zero-order valence-corrected chi connectivity index (χ0v) is 8.25. The molecule has 1 fully saturated rings. The minimum Gasteiger partial charge on any atom is -0.296 e. The molecule has 6 heteroatoms. The Labute approximate surface area is 91.0 Å². The van der Waals surface area contributed by atoms with E-state index in [4.69, 9.17) is 0 Å². The number of rotatable bonds is 2. The van der Waals surface area contributed by atoms with E-state index in [1.54, 1.807) is 0 Å². The monoisotopic (exact) mass is 220 g/mol. The van der Waals surface area contributed by atoms with Crippen LogP contribution in [0.4, 0.5) is 10.1 Å². The number of carbonyl (C=O) groups excluding carboxylic acids is 1. The highest BCUT2D eigenvalue weighted by Crippen LogP contribution is 2.08. The predicted molar refractivity (Wildman–Crippen MR) is 57.9 cm³/mol. The molecule has 0 aromatic heterocycles. The van der Waals surface area contributed by atoms with Crippen molar-refractivity contribution in [2.75, 3.05) is 5.43 Å². The van der Waals surface area contributed by atoms with Gasteiger partial charge in [0.05, 0.1) is 11.4 Å². The number of carbonyl (C=O) groups is 1. The summed E-state index contributed by atoms with van der Waals surface area (Å²) in [6, 6.07) is 5.62. The van der Waals surface area contributed by atoms with E-state index in [0.29, 0.717) is 11.4 Å². The molecule has 1 aliphatic heterocycles. The fraction of sp³-hybridized carbons (Fsp3) is 0. The lowest BCUT2D eigenvalue weighted by Gasteiger charge is -2.00. The molecule has 0 bridgehead atoms. The smallest absolute Gasteiger partial charge is 0.292 e. The zero-order valence-electron chi connectivity index (χ0n) is 8.25. The number of hydrogen-bond donors (Lipinski definition) is 3. The largest absolute Gasteiger partial charge is 0.296 e. The number of halogens is 1. The van der Waals surface area contributed by atoms with Crippen molar-refractivity contribution in [2.45, 2.75) is 0 Å². The summed E-state index contributed by atoms with van der Waals surface area (Å²) in [5.74, 6) is -0.692. The minimum atomic E-state index is -0.361. The molecule has 5 nitrogen and oxygen atoms in total. The fourth-order valence-corrected chi connectivity index (χ4v) is 1.15. The minimum absolute atomic E-state index is 0.171. The third-order valence-electron chi connectivity index (χ3n) is 1.97. The van der Waals surface area contributed by atoms with Crippen LogP contribution in [0.1, 0.15) is 0 Å². The molecule has 0 unspecified atom stereocenters. The lowest BCUT2D eigenvalue weighted by Crippen LogP contribution is -2.25. The second-order valence-electron chi connectivity index (χ2n) is 3.14. The Kier molecular flexibility index (Phi) is 2.55. The van der Waals surface area contributed by atoms with Gasteiger partial charge in [0.2, 0.25) is 0 Å². The van der Waals surface area contributed by atoms with Gasteiger partial charge in [0, 0.05) is 0 Å². The summed E-state index contributed by atoms with van der Waals surface area (Å²) in [6.45, 7) is 3.59. The molecule has 1 aromatic rings. The zero-order chi connectivity index (χ0) is 11.5. The second kappa shape index (κ2) is 4.01. The molecule has 0 radical (unpaired) electrons. The lowest BCUT2D eigenvalue weighted by atomic mass is 10.3. The van der Waals surface area contributed by atoms with Crippen LogP contribution in [0, 0.1) is 5.82 Å². The average Bonchev–Trinajstić information content (AvgIpc) is 2.59. The van der Waals surface area contributed by atoms with Crippen molar-refractivity contribution in [2.24, 2.45) is 5.10 Å². The number of hydrazine groups is 1. The standard InChI is InChI=1S/C10H9FN4O/c1-6-9(10(16)15-12-6)14-13-8-4-2-7(11)3-5-8/h2-5,12-13H,1H2,(H,15,16)/b14-9+. The van der Waals surface area contributed by atoms with E-state index in [1.165, 1.54) is 24.3 Å². The highest BCUT2D eigenvalue weighted by molar-refractivity contribution is 6.46. The van der Waals surface area contributed by atoms with Crippen LogP contribution >= 0.6 is 0 Å². The van der Waals surface area contributed by atoms with Crippen LogP contribution in [0.2, 0.25) is 0 Å². The Balaban J connectivity index is 2.11. The number of hydrazone groups is 1. The molecule has 0 spiro atoms. The summed E-state index contributed by atoms with van der Waals surface area (Å²) in [6.07, 6.45) is 0. The van der Waals surface area contributed by atoms with E-state index in [9.17, 15) is 9.18 Å². The molecular weight excluding hydrogens is 211 g/mol. The molecule has 1 amide bonds. The molecular formula is C10H9FN4O. The molecule has 82 valence electrons. The van der Waals surface area contributed by atoms with Crippen molar-refractivity contribution in [3.63, 3.8) is 0 Å². The highest BCUT2D eigenvalue weighted by Gasteiger charge is 2.22. The Hall–Kier alpha value is -2.37. The summed E-state index contributed by atoms with van der Waals surface area (Å²) in [5, 5.41) is 3.86. The summed E-state index contributed by atoms with van der Waals surface area (Å²) in [7, 11) is 0. The lowest BCUT2D eigenvalue weighted by molar-refractivity contribution is -0.114. The van der Waals surface area contributed by atoms with Gasteiger partial charge >= 0.3 is 0 Å². The fourth-order valence-electron chi connectivity index (χ4n) is 1.15. The SMILES string of the molecule is C=C1NNC(=O)/C1=N/Nc1ccc(F)cc1. The summed E-state index contributed by atoms with van der Waals surface area (Å²) in [4.78, 5) is 11.2. The van der Waals surface area contributed by atoms with E-state index in [0.717, 1.165) is 0 Å². The molecule has 3 N–H and O–H groups in total. The van der Waals surface area contributed by atoms with Crippen LogP contribution in [0.3, 0.4) is 0 Å². The first-order valence-electron chi connectivity index (χ1n) is 4.52. The maximum atomic E-state index is 12.6. The number of benzene rings is 1.